The number of imidazole rings is 1. The maximum Gasteiger partial charge on any atom is 0.416 e. The molecule has 0 atom stereocenters. The van der Waals surface area contributed by atoms with Crippen molar-refractivity contribution < 1.29 is 32.1 Å². The lowest BCUT2D eigenvalue weighted by atomic mass is 10.1. The first-order valence-electron chi connectivity index (χ1n) is 11.8. The fraction of sp³-hybridized carbons (Fsp3) is 0.346. The quantitative estimate of drug-likeness (QED) is 0.287. The maximum atomic E-state index is 13.3. The summed E-state index contributed by atoms with van der Waals surface area (Å²) in [6.07, 6.45) is -2.74. The number of morpholine rings is 1. The van der Waals surface area contributed by atoms with Gasteiger partial charge < -0.3 is 18.9 Å². The zero-order valence-corrected chi connectivity index (χ0v) is 21.0. The van der Waals surface area contributed by atoms with Gasteiger partial charge in [-0.05, 0) is 6.07 Å². The molecule has 5 rings (SSSR count). The summed E-state index contributed by atoms with van der Waals surface area (Å²) in [5.74, 6) is 1.69. The Hall–Kier alpha value is -3.28. The van der Waals surface area contributed by atoms with Crippen LogP contribution in [0.2, 0.25) is 0 Å². The van der Waals surface area contributed by atoms with Crippen LogP contribution in [0, 0.1) is 0 Å². The van der Waals surface area contributed by atoms with Crippen LogP contribution in [-0.2, 0) is 17.5 Å². The topological polar surface area (TPSA) is 58.0 Å². The van der Waals surface area contributed by atoms with Gasteiger partial charge >= 0.3 is 6.18 Å². The van der Waals surface area contributed by atoms with Crippen molar-refractivity contribution in [2.45, 2.75) is 12.8 Å². The number of nitrogens with zero attached hydrogens (tertiary/aromatic N) is 3. The van der Waals surface area contributed by atoms with Crippen molar-refractivity contribution in [1.82, 2.24) is 14.5 Å². The highest BCUT2D eigenvalue weighted by atomic mass is 32.1. The molecular formula is C26H26F3N3O4S. The van der Waals surface area contributed by atoms with E-state index in [-0.39, 0.29) is 12.2 Å². The van der Waals surface area contributed by atoms with Gasteiger partial charge in [0.05, 0.1) is 36.9 Å². The number of hydrogen-bond acceptors (Lipinski definition) is 7. The molecule has 1 aliphatic heterocycles. The van der Waals surface area contributed by atoms with Gasteiger partial charge in [0.15, 0.2) is 11.5 Å². The molecule has 0 spiro atoms. The van der Waals surface area contributed by atoms with E-state index in [4.69, 9.17) is 18.9 Å². The lowest BCUT2D eigenvalue weighted by Crippen LogP contribution is -2.38. The number of thiophene rings is 1. The number of halogens is 3. The van der Waals surface area contributed by atoms with Gasteiger partial charge in [-0.15, -0.1) is 11.3 Å². The monoisotopic (exact) mass is 533 g/mol. The van der Waals surface area contributed by atoms with Crippen molar-refractivity contribution in [1.29, 1.82) is 0 Å². The van der Waals surface area contributed by atoms with Gasteiger partial charge in [0, 0.05) is 48.8 Å². The minimum atomic E-state index is -4.43. The first kappa shape index (κ1) is 25.4. The van der Waals surface area contributed by atoms with Crippen molar-refractivity contribution in [3.63, 3.8) is 0 Å². The third-order valence-electron chi connectivity index (χ3n) is 6.12. The molecule has 196 valence electrons. The second kappa shape index (κ2) is 11.0. The molecule has 0 unspecified atom stereocenters. The third-order valence-corrected chi connectivity index (χ3v) is 7.02. The van der Waals surface area contributed by atoms with Gasteiger partial charge in [0.1, 0.15) is 30.3 Å². The number of rotatable bonds is 9. The fourth-order valence-electron chi connectivity index (χ4n) is 4.17. The maximum absolute atomic E-state index is 13.3. The second-order valence-corrected chi connectivity index (χ2v) is 9.36. The zero-order valence-electron chi connectivity index (χ0n) is 20.2. The summed E-state index contributed by atoms with van der Waals surface area (Å²) in [4.78, 5) is 6.80. The van der Waals surface area contributed by atoms with Crippen LogP contribution in [0.5, 0.6) is 17.2 Å². The van der Waals surface area contributed by atoms with Gasteiger partial charge in [-0.3, -0.25) is 9.47 Å². The molecule has 2 aromatic carbocycles. The van der Waals surface area contributed by atoms with Gasteiger partial charge in [-0.25, -0.2) is 4.98 Å². The Labute approximate surface area is 215 Å². The standard InChI is InChI=1S/C26H26F3N3O4S/c1-33-23-14-22-21(13-24(23)35-11-8-31-6-9-34-10-7-31)30-17-32(22)25-12-19(16-37-25)36-15-18-4-2-3-5-20(18)26(27,28)29/h2-5,12-14,16-17H,6-11,15H2,1H3. The minimum Gasteiger partial charge on any atom is -0.493 e. The molecule has 4 aromatic rings. The molecule has 0 radical (unpaired) electrons. The Morgan fingerprint density at radius 2 is 1.86 bits per heavy atom. The van der Waals surface area contributed by atoms with Crippen molar-refractivity contribution in [3.05, 3.63) is 65.3 Å². The summed E-state index contributed by atoms with van der Waals surface area (Å²) in [5, 5.41) is 2.57. The normalized spacial score (nSPS) is 14.7. The summed E-state index contributed by atoms with van der Waals surface area (Å²) in [7, 11) is 1.59. The molecule has 0 amide bonds. The van der Waals surface area contributed by atoms with E-state index in [9.17, 15) is 13.2 Å². The third kappa shape index (κ3) is 5.84. The van der Waals surface area contributed by atoms with E-state index < -0.39 is 11.7 Å². The Morgan fingerprint density at radius 3 is 2.65 bits per heavy atom. The van der Waals surface area contributed by atoms with E-state index in [0.29, 0.717) is 23.9 Å². The number of methoxy groups -OCH3 is 1. The SMILES string of the molecule is COc1cc2c(cc1OCCN1CCOCC1)ncn2-c1cc(OCc2ccccc2C(F)(F)F)cs1. The van der Waals surface area contributed by atoms with E-state index in [1.807, 2.05) is 16.7 Å². The van der Waals surface area contributed by atoms with Crippen LogP contribution in [0.25, 0.3) is 16.0 Å². The molecule has 0 N–H and O–H groups in total. The molecule has 37 heavy (non-hydrogen) atoms. The summed E-state index contributed by atoms with van der Waals surface area (Å²) in [6, 6.07) is 10.9. The number of fused-ring (bicyclic) bond motifs is 1. The fourth-order valence-corrected chi connectivity index (χ4v) is 4.98. The highest BCUT2D eigenvalue weighted by Crippen LogP contribution is 2.36. The predicted molar refractivity (Wildman–Crippen MR) is 134 cm³/mol. The van der Waals surface area contributed by atoms with Crippen molar-refractivity contribution in [3.8, 4) is 22.2 Å². The summed E-state index contributed by atoms with van der Waals surface area (Å²) in [6.45, 7) is 4.40. The average Bonchev–Trinajstić information content (AvgIpc) is 3.54. The Bertz CT molecular complexity index is 1350. The number of ether oxygens (including phenoxy) is 4. The molecule has 0 bridgehead atoms. The van der Waals surface area contributed by atoms with Crippen LogP contribution in [-0.4, -0.2) is 61.0 Å². The molecule has 1 aliphatic rings. The van der Waals surface area contributed by atoms with Gasteiger partial charge in [0.25, 0.3) is 0 Å². The van der Waals surface area contributed by atoms with Gasteiger partial charge in [-0.2, -0.15) is 13.2 Å². The minimum absolute atomic E-state index is 0.0849. The van der Waals surface area contributed by atoms with Gasteiger partial charge in [0.2, 0.25) is 0 Å². The van der Waals surface area contributed by atoms with E-state index >= 15 is 0 Å². The van der Waals surface area contributed by atoms with Gasteiger partial charge in [-0.1, -0.05) is 18.2 Å². The molecule has 2 aromatic heterocycles. The van der Waals surface area contributed by atoms with E-state index in [0.717, 1.165) is 54.9 Å². The van der Waals surface area contributed by atoms with Crippen LogP contribution in [0.4, 0.5) is 13.2 Å². The van der Waals surface area contributed by atoms with E-state index in [1.54, 1.807) is 30.9 Å². The van der Waals surface area contributed by atoms with Crippen molar-refractivity contribution in [2.75, 3.05) is 46.6 Å². The number of alkyl halides is 3. The van der Waals surface area contributed by atoms with E-state index in [1.165, 1.54) is 23.5 Å². The lowest BCUT2D eigenvalue weighted by Gasteiger charge is -2.26. The van der Waals surface area contributed by atoms with Crippen LogP contribution in [0.15, 0.2) is 54.2 Å². The molecule has 11 heteroatoms. The summed E-state index contributed by atoms with van der Waals surface area (Å²) >= 11 is 1.40. The molecule has 0 saturated carbocycles. The number of aromatic nitrogens is 2. The number of benzene rings is 2. The average molecular weight is 534 g/mol. The molecule has 0 aliphatic carbocycles. The Morgan fingerprint density at radius 1 is 1.05 bits per heavy atom. The Balaban J connectivity index is 1.29. The van der Waals surface area contributed by atoms with Crippen LogP contribution >= 0.6 is 11.3 Å². The predicted octanol–water partition coefficient (Wildman–Crippen LogP) is 5.40. The van der Waals surface area contributed by atoms with Crippen LogP contribution < -0.4 is 14.2 Å². The molecule has 3 heterocycles. The van der Waals surface area contributed by atoms with Crippen LogP contribution in [0.3, 0.4) is 0 Å². The molecule has 1 saturated heterocycles. The highest BCUT2D eigenvalue weighted by Gasteiger charge is 2.33. The van der Waals surface area contributed by atoms with Crippen molar-refractivity contribution >= 4 is 22.4 Å². The lowest BCUT2D eigenvalue weighted by molar-refractivity contribution is -0.138. The molecular weight excluding hydrogens is 507 g/mol. The van der Waals surface area contributed by atoms with Crippen molar-refractivity contribution in [2.24, 2.45) is 0 Å². The van der Waals surface area contributed by atoms with Crippen LogP contribution in [0.1, 0.15) is 11.1 Å². The Kier molecular flexibility index (Phi) is 7.54. The summed E-state index contributed by atoms with van der Waals surface area (Å²) in [5.41, 5.74) is 0.938. The molecule has 7 nitrogen and oxygen atoms in total. The summed E-state index contributed by atoms with van der Waals surface area (Å²) < 4.78 is 64.3. The number of hydrogen-bond donors (Lipinski definition) is 0. The second-order valence-electron chi connectivity index (χ2n) is 8.47. The molecule has 1 fully saturated rings. The first-order chi connectivity index (χ1) is 17.9. The highest BCUT2D eigenvalue weighted by molar-refractivity contribution is 7.12. The largest absolute Gasteiger partial charge is 0.493 e. The zero-order chi connectivity index (χ0) is 25.8. The smallest absolute Gasteiger partial charge is 0.416 e. The first-order valence-corrected chi connectivity index (χ1v) is 12.6. The van der Waals surface area contributed by atoms with E-state index in [2.05, 4.69) is 9.88 Å².